The third-order valence-electron chi connectivity index (χ3n) is 8.72. The second-order valence-electron chi connectivity index (χ2n) is 14.5. The molecule has 4 N–H and O–H groups in total. The number of phosphoric acid groups is 1. The van der Waals surface area contributed by atoms with Gasteiger partial charge in [0.25, 0.3) is 0 Å². The van der Waals surface area contributed by atoms with Gasteiger partial charge in [0.1, 0.15) is 12.7 Å². The molecule has 350 valence electrons. The van der Waals surface area contributed by atoms with Crippen molar-refractivity contribution >= 4 is 19.8 Å². The minimum atomic E-state index is -4.69. The summed E-state index contributed by atoms with van der Waals surface area (Å²) in [6.07, 6.45) is 53.5. The number of allylic oxidation sites excluding steroid dienone is 19. The Labute approximate surface area is 373 Å². The van der Waals surface area contributed by atoms with Crippen LogP contribution in [0.25, 0.3) is 0 Å². The van der Waals surface area contributed by atoms with Gasteiger partial charge in [0, 0.05) is 12.8 Å². The third-order valence-corrected chi connectivity index (χ3v) is 9.67. The summed E-state index contributed by atoms with van der Waals surface area (Å²) in [5.74, 6) is -1.26. The van der Waals surface area contributed by atoms with E-state index in [-0.39, 0.29) is 19.3 Å². The van der Waals surface area contributed by atoms with E-state index >= 15 is 0 Å². The van der Waals surface area contributed by atoms with Gasteiger partial charge < -0.3 is 29.7 Å². The molecule has 0 rings (SSSR count). The zero-order valence-electron chi connectivity index (χ0n) is 37.6. The summed E-state index contributed by atoms with van der Waals surface area (Å²) >= 11 is 0. The first-order valence-corrected chi connectivity index (χ1v) is 24.1. The number of hydrogen-bond donors (Lipinski definition) is 4. The highest BCUT2D eigenvalue weighted by Gasteiger charge is 2.27. The number of aliphatic hydroxyl groups excluding tert-OH is 3. The van der Waals surface area contributed by atoms with Crippen molar-refractivity contribution in [1.29, 1.82) is 0 Å². The van der Waals surface area contributed by atoms with E-state index in [1.54, 1.807) is 12.2 Å². The van der Waals surface area contributed by atoms with Crippen LogP contribution in [0, 0.1) is 0 Å². The highest BCUT2D eigenvalue weighted by atomic mass is 31.2. The number of phosphoric ester groups is 1. The van der Waals surface area contributed by atoms with Crippen molar-refractivity contribution in [3.8, 4) is 0 Å². The Kier molecular flexibility index (Phi) is 41.4. The molecule has 0 saturated carbocycles. The molecule has 0 aromatic heterocycles. The number of ether oxygens (including phenoxy) is 2. The van der Waals surface area contributed by atoms with Crippen LogP contribution in [0.15, 0.2) is 122 Å². The maximum Gasteiger partial charge on any atom is 0.472 e. The Morgan fingerprint density at radius 1 is 0.565 bits per heavy atom. The van der Waals surface area contributed by atoms with Crippen molar-refractivity contribution in [3.63, 3.8) is 0 Å². The number of carbonyl (C=O) groups is 2. The first-order chi connectivity index (χ1) is 30.1. The van der Waals surface area contributed by atoms with Gasteiger partial charge in [-0.3, -0.25) is 18.6 Å². The van der Waals surface area contributed by atoms with Crippen molar-refractivity contribution in [2.45, 2.75) is 154 Å². The summed E-state index contributed by atoms with van der Waals surface area (Å²) in [5.41, 5.74) is 0. The zero-order chi connectivity index (χ0) is 45.6. The Hall–Kier alpha value is -3.67. The summed E-state index contributed by atoms with van der Waals surface area (Å²) in [6, 6.07) is 0. The Morgan fingerprint density at radius 2 is 1.06 bits per heavy atom. The van der Waals surface area contributed by atoms with Crippen LogP contribution in [0.5, 0.6) is 0 Å². The molecule has 0 bridgehead atoms. The van der Waals surface area contributed by atoms with Gasteiger partial charge in [-0.25, -0.2) is 4.57 Å². The average Bonchev–Trinajstić information content (AvgIpc) is 3.26. The van der Waals surface area contributed by atoms with Gasteiger partial charge in [-0.2, -0.15) is 0 Å². The largest absolute Gasteiger partial charge is 0.472 e. The lowest BCUT2D eigenvalue weighted by molar-refractivity contribution is -0.161. The number of esters is 2. The third kappa shape index (κ3) is 43.0. The van der Waals surface area contributed by atoms with Gasteiger partial charge in [0.2, 0.25) is 0 Å². The smallest absolute Gasteiger partial charge is 0.462 e. The van der Waals surface area contributed by atoms with Gasteiger partial charge >= 0.3 is 19.8 Å². The molecule has 62 heavy (non-hydrogen) atoms. The van der Waals surface area contributed by atoms with Crippen LogP contribution < -0.4 is 0 Å². The Bertz CT molecular complexity index is 1450. The van der Waals surface area contributed by atoms with Crippen molar-refractivity contribution in [2.24, 2.45) is 0 Å². The van der Waals surface area contributed by atoms with Crippen LogP contribution in [-0.4, -0.2) is 76.9 Å². The van der Waals surface area contributed by atoms with E-state index < -0.39 is 64.5 Å². The standard InChI is InChI=1S/C50H79O11P/c1-3-5-7-9-11-13-15-17-19-21-22-23-25-27-29-31-33-35-37-39-50(55)61-48(45-60-62(56,57)59-43-47(53)42-51)44-58-49(54)41-40-46(52)38-36-34-32-30-28-26-24-20-18-16-14-12-10-8-6-4-2/h6,8,11-14,17-20,22-23,26-29,32,34,36,38,46-48,51-53H,3-5,7,9-10,15-16,21,24-25,30-31,33,35,37,39-45H2,1-2H3,(H,56,57)/b8-6-,13-11-,14-12-,19-17-,20-18-,23-22-,28-26-,29-27-,34-32-,38-36-/t46?,47-,48+/m0/s1. The summed E-state index contributed by atoms with van der Waals surface area (Å²) in [5, 5.41) is 28.6. The molecule has 12 heteroatoms. The van der Waals surface area contributed by atoms with E-state index in [4.69, 9.17) is 19.1 Å². The van der Waals surface area contributed by atoms with E-state index in [2.05, 4.69) is 116 Å². The molecule has 2 unspecified atom stereocenters. The fourth-order valence-corrected chi connectivity index (χ4v) is 5.99. The molecule has 0 aliphatic carbocycles. The molecule has 0 saturated heterocycles. The normalized spacial score (nSPS) is 15.4. The second-order valence-corrected chi connectivity index (χ2v) is 16.0. The number of hydrogen-bond acceptors (Lipinski definition) is 10. The monoisotopic (exact) mass is 887 g/mol. The fraction of sp³-hybridized carbons (Fsp3) is 0.560. The molecule has 0 aromatic rings. The highest BCUT2D eigenvalue weighted by molar-refractivity contribution is 7.47. The molecular formula is C50H79O11P. The number of unbranched alkanes of at least 4 members (excludes halogenated alkanes) is 6. The lowest BCUT2D eigenvalue weighted by Crippen LogP contribution is -2.30. The zero-order valence-corrected chi connectivity index (χ0v) is 38.5. The van der Waals surface area contributed by atoms with Gasteiger partial charge in [0.15, 0.2) is 6.10 Å². The fourth-order valence-electron chi connectivity index (χ4n) is 5.20. The summed E-state index contributed by atoms with van der Waals surface area (Å²) in [7, 11) is -4.69. The molecular weight excluding hydrogens is 808 g/mol. The minimum Gasteiger partial charge on any atom is -0.462 e. The van der Waals surface area contributed by atoms with Gasteiger partial charge in [-0.1, -0.05) is 155 Å². The van der Waals surface area contributed by atoms with E-state index in [0.717, 1.165) is 77.0 Å². The summed E-state index contributed by atoms with van der Waals surface area (Å²) in [6.45, 7) is 1.90. The molecule has 0 spiro atoms. The predicted molar refractivity (Wildman–Crippen MR) is 252 cm³/mol. The molecule has 0 aliphatic heterocycles. The van der Waals surface area contributed by atoms with Crippen molar-refractivity contribution in [2.75, 3.05) is 26.4 Å². The van der Waals surface area contributed by atoms with Crippen LogP contribution >= 0.6 is 7.82 Å². The Morgan fingerprint density at radius 3 is 1.60 bits per heavy atom. The average molecular weight is 887 g/mol. The van der Waals surface area contributed by atoms with Crippen molar-refractivity contribution in [1.82, 2.24) is 0 Å². The van der Waals surface area contributed by atoms with Crippen LogP contribution in [0.4, 0.5) is 0 Å². The van der Waals surface area contributed by atoms with Crippen LogP contribution in [0.2, 0.25) is 0 Å². The van der Waals surface area contributed by atoms with E-state index in [9.17, 15) is 29.3 Å². The summed E-state index contributed by atoms with van der Waals surface area (Å²) in [4.78, 5) is 35.1. The van der Waals surface area contributed by atoms with Crippen molar-refractivity contribution < 1.29 is 52.9 Å². The van der Waals surface area contributed by atoms with Crippen molar-refractivity contribution in [3.05, 3.63) is 122 Å². The predicted octanol–water partition coefficient (Wildman–Crippen LogP) is 11.3. The molecule has 0 fully saturated rings. The van der Waals surface area contributed by atoms with Crippen LogP contribution in [0.1, 0.15) is 136 Å². The molecule has 0 amide bonds. The maximum atomic E-state index is 12.6. The first kappa shape index (κ1) is 58.3. The minimum absolute atomic E-state index is 0.0887. The molecule has 11 nitrogen and oxygen atoms in total. The highest BCUT2D eigenvalue weighted by Crippen LogP contribution is 2.43. The first-order valence-electron chi connectivity index (χ1n) is 22.6. The number of carbonyl (C=O) groups excluding carboxylic acids is 2. The number of aliphatic hydroxyl groups is 3. The SMILES string of the molecule is CC/C=C\C/C=C\C/C=C\C/C=C\C/C=C\C=C/C(O)CCC(=O)OC[C@H](COP(=O)(O)OC[C@@H](O)CO)OC(=O)CCCCC/C=C\C/C=C\C/C=C\C/C=C\CCCCC. The second kappa shape index (κ2) is 44.0. The summed E-state index contributed by atoms with van der Waals surface area (Å²) < 4.78 is 32.5. The maximum absolute atomic E-state index is 12.6. The molecule has 0 aromatic carbocycles. The lowest BCUT2D eigenvalue weighted by atomic mass is 10.1. The van der Waals surface area contributed by atoms with Gasteiger partial charge in [-0.05, 0) is 89.9 Å². The van der Waals surface area contributed by atoms with Gasteiger partial charge in [0.05, 0.1) is 25.9 Å². The molecule has 0 radical (unpaired) electrons. The van der Waals surface area contributed by atoms with Crippen LogP contribution in [0.3, 0.4) is 0 Å². The van der Waals surface area contributed by atoms with E-state index in [1.807, 2.05) is 12.2 Å². The van der Waals surface area contributed by atoms with E-state index in [0.29, 0.717) is 6.42 Å². The van der Waals surface area contributed by atoms with Gasteiger partial charge in [-0.15, -0.1) is 0 Å². The number of rotatable bonds is 40. The molecule has 0 aliphatic rings. The topological polar surface area (TPSA) is 169 Å². The van der Waals surface area contributed by atoms with E-state index in [1.165, 1.54) is 19.3 Å². The molecule has 4 atom stereocenters. The quantitative estimate of drug-likeness (QED) is 0.0152. The lowest BCUT2D eigenvalue weighted by Gasteiger charge is -2.20. The van der Waals surface area contributed by atoms with Crippen LogP contribution in [-0.2, 0) is 32.7 Å². The Balaban J connectivity index is 4.59. The molecule has 0 heterocycles.